The van der Waals surface area contributed by atoms with Crippen molar-refractivity contribution in [3.8, 4) is 11.5 Å². The average Bonchev–Trinajstić information content (AvgIpc) is 3.59. The first kappa shape index (κ1) is 38.6. The summed E-state index contributed by atoms with van der Waals surface area (Å²) in [5.41, 5.74) is 3.31. The molecule has 3 unspecified atom stereocenters. The van der Waals surface area contributed by atoms with Crippen molar-refractivity contribution in [2.75, 3.05) is 46.3 Å². The van der Waals surface area contributed by atoms with E-state index in [2.05, 4.69) is 25.6 Å². The third kappa shape index (κ3) is 9.05. The van der Waals surface area contributed by atoms with E-state index in [1.165, 1.54) is 12.1 Å². The van der Waals surface area contributed by atoms with Gasteiger partial charge < -0.3 is 40.2 Å². The molecule has 5 aromatic rings. The predicted octanol–water partition coefficient (Wildman–Crippen LogP) is 4.24. The van der Waals surface area contributed by atoms with Gasteiger partial charge in [-0.15, -0.1) is 0 Å². The number of benzene rings is 3. The van der Waals surface area contributed by atoms with Gasteiger partial charge in [-0.2, -0.15) is 5.10 Å². The number of ether oxygens (including phenoxy) is 2. The highest BCUT2D eigenvalue weighted by molar-refractivity contribution is 5.92. The third-order valence-electron chi connectivity index (χ3n) is 10.8. The van der Waals surface area contributed by atoms with Crippen LogP contribution in [0.2, 0.25) is 0 Å². The van der Waals surface area contributed by atoms with Crippen molar-refractivity contribution in [1.82, 2.24) is 35.2 Å². The zero-order valence-electron chi connectivity index (χ0n) is 31.7. The van der Waals surface area contributed by atoms with Gasteiger partial charge in [0.15, 0.2) is 0 Å². The van der Waals surface area contributed by atoms with Gasteiger partial charge in [-0.25, -0.2) is 4.79 Å². The van der Waals surface area contributed by atoms with E-state index in [1.807, 2.05) is 54.6 Å². The van der Waals surface area contributed by atoms with Crippen LogP contribution in [0.15, 0.2) is 89.7 Å². The summed E-state index contributed by atoms with van der Waals surface area (Å²) in [4.78, 5) is 44.9. The molecule has 2 aromatic heterocycles. The monoisotopic (exact) mass is 763 g/mol. The number of aliphatic hydroxyl groups is 1. The lowest BCUT2D eigenvalue weighted by molar-refractivity contribution is -0.0336. The molecule has 3 aliphatic heterocycles. The molecule has 3 fully saturated rings. The molecule has 8 rings (SSSR count). The predicted molar refractivity (Wildman–Crippen MR) is 210 cm³/mol. The fourth-order valence-electron chi connectivity index (χ4n) is 7.71. The smallest absolute Gasteiger partial charge is 0.408 e. The number of aromatic hydroxyl groups is 1. The number of aromatic amines is 1. The topological polar surface area (TPSA) is 174 Å². The van der Waals surface area contributed by atoms with E-state index in [4.69, 9.17) is 9.47 Å². The van der Waals surface area contributed by atoms with Crippen LogP contribution in [-0.4, -0.2) is 99.2 Å². The summed E-state index contributed by atoms with van der Waals surface area (Å²) in [6.07, 6.45) is 1.35. The summed E-state index contributed by atoms with van der Waals surface area (Å²) < 4.78 is 13.7. The Kier molecular flexibility index (Phi) is 12.0. The van der Waals surface area contributed by atoms with Gasteiger partial charge in [0.1, 0.15) is 35.6 Å². The summed E-state index contributed by atoms with van der Waals surface area (Å²) in [5.74, 6) is 0.762. The van der Waals surface area contributed by atoms with Crippen LogP contribution in [0, 0.1) is 5.92 Å². The van der Waals surface area contributed by atoms with Gasteiger partial charge in [0.2, 0.25) is 5.56 Å². The molecular weight excluding hydrogens is 715 g/mol. The van der Waals surface area contributed by atoms with E-state index in [-0.39, 0.29) is 42.0 Å². The highest BCUT2D eigenvalue weighted by Crippen LogP contribution is 2.31. The average molecular weight is 764 g/mol. The van der Waals surface area contributed by atoms with Gasteiger partial charge in [0, 0.05) is 45.2 Å². The van der Waals surface area contributed by atoms with Crippen LogP contribution in [-0.2, 0) is 18.4 Å². The number of carbonyl (C=O) groups is 2. The van der Waals surface area contributed by atoms with Crippen LogP contribution >= 0.6 is 0 Å². The number of hydrogen-bond donors (Lipinski definition) is 5. The minimum Gasteiger partial charge on any atom is -0.506 e. The summed E-state index contributed by atoms with van der Waals surface area (Å²) >= 11 is 0. The lowest BCUT2D eigenvalue weighted by Gasteiger charge is -2.43. The number of pyridine rings is 1. The Bertz CT molecular complexity index is 2200. The Morgan fingerprint density at radius 1 is 1.02 bits per heavy atom. The van der Waals surface area contributed by atoms with Crippen LogP contribution < -0.4 is 20.9 Å². The Labute approximate surface area is 325 Å². The van der Waals surface area contributed by atoms with Crippen LogP contribution in [0.5, 0.6) is 11.5 Å². The maximum absolute atomic E-state index is 13.4. The molecule has 0 aliphatic carbocycles. The molecule has 3 atom stereocenters. The number of alkyl carbamates (subject to hydrolysis) is 1. The van der Waals surface area contributed by atoms with E-state index in [9.17, 15) is 24.6 Å². The molecule has 5 N–H and O–H groups in total. The molecule has 5 heterocycles. The van der Waals surface area contributed by atoms with Gasteiger partial charge in [-0.05, 0) is 91.8 Å². The second kappa shape index (κ2) is 17.4. The summed E-state index contributed by atoms with van der Waals surface area (Å²) in [6, 6.07) is 24.7. The molecule has 3 aliphatic rings. The van der Waals surface area contributed by atoms with E-state index in [0.29, 0.717) is 53.5 Å². The summed E-state index contributed by atoms with van der Waals surface area (Å²) in [5, 5.41) is 32.4. The van der Waals surface area contributed by atoms with E-state index in [1.54, 1.807) is 41.9 Å². The number of nitrogens with one attached hydrogen (secondary N) is 3. The van der Waals surface area contributed by atoms with Crippen molar-refractivity contribution in [2.24, 2.45) is 13.0 Å². The van der Waals surface area contributed by atoms with E-state index in [0.717, 1.165) is 43.6 Å². The second-order valence-electron chi connectivity index (χ2n) is 14.7. The van der Waals surface area contributed by atoms with E-state index >= 15 is 0 Å². The molecule has 0 saturated carbocycles. The number of aromatic nitrogens is 3. The van der Waals surface area contributed by atoms with Crippen LogP contribution in [0.3, 0.4) is 0 Å². The standard InChI is InChI=1S/C42H49N7O7/c1-47(19-7-18-43-24-36(51)32-12-14-35(50)40-33(32)13-15-38(52)44-40)41(53)34-23-30(46-48(34)2)26-55-31-11-6-10-29(22-31)39(28-8-4-3-5-9-28)45-42(54)56-37-25-49-20-16-27(37)17-21-49/h3-6,8-15,22-23,27,36-37,39,43,50-51H,7,16-21,24-26H2,1-2H3,(H,44,52)(H,45,54). The molecule has 14 heteroatoms. The van der Waals surface area contributed by atoms with Crippen molar-refractivity contribution in [2.45, 2.75) is 44.1 Å². The molecule has 2 amide bonds. The minimum absolute atomic E-state index is 0.0614. The zero-order valence-corrected chi connectivity index (χ0v) is 31.7. The van der Waals surface area contributed by atoms with Crippen molar-refractivity contribution < 1.29 is 29.3 Å². The van der Waals surface area contributed by atoms with Crippen LogP contribution in [0.4, 0.5) is 4.79 Å². The highest BCUT2D eigenvalue weighted by Gasteiger charge is 2.37. The number of phenolic OH excluding ortho intramolecular Hbond substituents is 1. The maximum Gasteiger partial charge on any atom is 0.408 e. The Hall–Kier alpha value is -5.70. The Balaban J connectivity index is 0.905. The number of piperidine rings is 3. The van der Waals surface area contributed by atoms with Gasteiger partial charge >= 0.3 is 6.09 Å². The van der Waals surface area contributed by atoms with Crippen molar-refractivity contribution in [3.05, 3.63) is 123 Å². The fourth-order valence-corrected chi connectivity index (χ4v) is 7.71. The van der Waals surface area contributed by atoms with Gasteiger partial charge in [-0.1, -0.05) is 48.5 Å². The van der Waals surface area contributed by atoms with Crippen LogP contribution in [0.1, 0.15) is 64.3 Å². The van der Waals surface area contributed by atoms with Crippen LogP contribution in [0.25, 0.3) is 10.9 Å². The number of aliphatic hydroxyl groups excluding tert-OH is 1. The zero-order chi connectivity index (χ0) is 39.2. The Morgan fingerprint density at radius 2 is 1.80 bits per heavy atom. The number of rotatable bonds is 15. The molecule has 0 spiro atoms. The first-order valence-corrected chi connectivity index (χ1v) is 19.1. The van der Waals surface area contributed by atoms with Crippen molar-refractivity contribution in [1.29, 1.82) is 0 Å². The number of aryl methyl sites for hydroxylation is 1. The summed E-state index contributed by atoms with van der Waals surface area (Å²) in [7, 11) is 3.46. The van der Waals surface area contributed by atoms with E-state index < -0.39 is 18.2 Å². The lowest BCUT2D eigenvalue weighted by atomic mass is 9.86. The molecule has 294 valence electrons. The molecule has 0 radical (unpaired) electrons. The largest absolute Gasteiger partial charge is 0.506 e. The molecular formula is C42H49N7O7. The molecule has 3 aromatic carbocycles. The molecule has 56 heavy (non-hydrogen) atoms. The molecule has 14 nitrogen and oxygen atoms in total. The number of carbonyl (C=O) groups excluding carboxylic acids is 2. The molecule has 2 bridgehead atoms. The number of nitrogens with zero attached hydrogens (tertiary/aromatic N) is 4. The van der Waals surface area contributed by atoms with Crippen molar-refractivity contribution >= 4 is 22.9 Å². The minimum atomic E-state index is -0.869. The first-order valence-electron chi connectivity index (χ1n) is 19.1. The van der Waals surface area contributed by atoms with Gasteiger partial charge in [0.25, 0.3) is 5.91 Å². The Morgan fingerprint density at radius 3 is 2.57 bits per heavy atom. The van der Waals surface area contributed by atoms with Gasteiger partial charge in [-0.3, -0.25) is 19.2 Å². The number of amides is 2. The number of hydrogen-bond acceptors (Lipinski definition) is 10. The summed E-state index contributed by atoms with van der Waals surface area (Å²) in [6.45, 7) is 4.33. The number of H-pyrrole nitrogens is 1. The quantitative estimate of drug-likeness (QED) is 0.0971. The SMILES string of the molecule is CN(CCCNCC(O)c1ccc(O)c2[nH]c(=O)ccc12)C(=O)c1cc(COc2cccc(C(NC(=O)OC3CN4CCC3CC4)c3ccccc3)c2)nn1C. The lowest BCUT2D eigenvalue weighted by Crippen LogP contribution is -2.52. The number of fused-ring (bicyclic) bond motifs is 4. The highest BCUT2D eigenvalue weighted by atomic mass is 16.6. The van der Waals surface area contributed by atoms with Gasteiger partial charge in [0.05, 0.1) is 17.7 Å². The third-order valence-corrected chi connectivity index (χ3v) is 10.8. The second-order valence-corrected chi connectivity index (χ2v) is 14.7. The number of phenols is 1. The van der Waals surface area contributed by atoms with Crippen molar-refractivity contribution in [3.63, 3.8) is 0 Å². The normalized spacial score (nSPS) is 18.7. The first-order chi connectivity index (χ1) is 27.1. The molecule has 3 saturated heterocycles. The fraction of sp³-hybridized carbons (Fsp3) is 0.381. The maximum atomic E-state index is 13.4.